The zero-order valence-corrected chi connectivity index (χ0v) is 21.7. The third-order valence-corrected chi connectivity index (χ3v) is 7.33. The van der Waals surface area contributed by atoms with Gasteiger partial charge in [0.2, 0.25) is 0 Å². The third-order valence-electron chi connectivity index (χ3n) is 7.33. The van der Waals surface area contributed by atoms with Crippen molar-refractivity contribution in [1.82, 2.24) is 29.4 Å². The van der Waals surface area contributed by atoms with Crippen LogP contribution >= 0.6 is 0 Å². The van der Waals surface area contributed by atoms with Gasteiger partial charge in [-0.15, -0.1) is 0 Å². The number of para-hydroxylation sites is 1. The van der Waals surface area contributed by atoms with Crippen LogP contribution in [-0.2, 0) is 6.54 Å². The lowest BCUT2D eigenvalue weighted by Gasteiger charge is -2.32. The lowest BCUT2D eigenvalue weighted by Crippen LogP contribution is -2.37. The average molecular weight is 520 g/mol. The van der Waals surface area contributed by atoms with Gasteiger partial charge in [-0.1, -0.05) is 30.3 Å². The fraction of sp³-hybridized carbons (Fsp3) is 0.233. The number of pyridine rings is 1. The monoisotopic (exact) mass is 519 g/mol. The molecular weight excluding hydrogens is 490 g/mol. The summed E-state index contributed by atoms with van der Waals surface area (Å²) < 4.78 is 3.52. The number of hydrogen-bond donors (Lipinski definition) is 1. The van der Waals surface area contributed by atoms with E-state index in [1.165, 1.54) is 5.56 Å². The van der Waals surface area contributed by atoms with E-state index in [-0.39, 0.29) is 11.8 Å². The van der Waals surface area contributed by atoms with Crippen molar-refractivity contribution in [2.75, 3.05) is 18.4 Å². The van der Waals surface area contributed by atoms with Crippen LogP contribution in [0.25, 0.3) is 16.6 Å². The van der Waals surface area contributed by atoms with Crippen LogP contribution < -0.4 is 5.32 Å². The predicted octanol–water partition coefficient (Wildman–Crippen LogP) is 4.91. The minimum Gasteiger partial charge on any atom is -0.339 e. The molecule has 1 fully saturated rings. The fourth-order valence-electron chi connectivity index (χ4n) is 5.23. The first-order valence-electron chi connectivity index (χ1n) is 13.2. The quantitative estimate of drug-likeness (QED) is 0.344. The maximum Gasteiger partial charge on any atom is 0.276 e. The molecule has 39 heavy (non-hydrogen) atoms. The lowest BCUT2D eigenvalue weighted by atomic mass is 9.89. The Balaban J connectivity index is 1.06. The Morgan fingerprint density at radius 2 is 1.77 bits per heavy atom. The van der Waals surface area contributed by atoms with Gasteiger partial charge in [-0.05, 0) is 61.6 Å². The molecule has 1 aliphatic rings. The normalized spacial score (nSPS) is 14.0. The summed E-state index contributed by atoms with van der Waals surface area (Å²) in [4.78, 5) is 32.1. The predicted molar refractivity (Wildman–Crippen MR) is 149 cm³/mol. The summed E-state index contributed by atoms with van der Waals surface area (Å²) in [5.41, 5.74) is 4.72. The summed E-state index contributed by atoms with van der Waals surface area (Å²) in [6.45, 7) is 4.08. The summed E-state index contributed by atoms with van der Waals surface area (Å²) in [5, 5.41) is 12.7. The number of amides is 2. The van der Waals surface area contributed by atoms with E-state index in [1.807, 2.05) is 65.0 Å². The summed E-state index contributed by atoms with van der Waals surface area (Å²) >= 11 is 0. The van der Waals surface area contributed by atoms with Crippen molar-refractivity contribution in [3.8, 4) is 5.69 Å². The fourth-order valence-corrected chi connectivity index (χ4v) is 5.23. The summed E-state index contributed by atoms with van der Waals surface area (Å²) in [6, 6.07) is 19.5. The number of carbonyl (C=O) groups excluding carboxylic acids is 2. The molecule has 1 N–H and O–H groups in total. The van der Waals surface area contributed by atoms with Crippen LogP contribution in [0.2, 0.25) is 0 Å². The molecular formula is C30H29N7O2. The molecule has 2 aromatic carbocycles. The number of likely N-dealkylation sites (tertiary alicyclic amines) is 1. The van der Waals surface area contributed by atoms with Gasteiger partial charge >= 0.3 is 0 Å². The number of benzene rings is 2. The van der Waals surface area contributed by atoms with E-state index in [0.717, 1.165) is 35.1 Å². The number of aryl methyl sites for hydroxylation is 1. The van der Waals surface area contributed by atoms with Gasteiger partial charge in [0.05, 0.1) is 29.2 Å². The van der Waals surface area contributed by atoms with Crippen LogP contribution in [0.1, 0.15) is 52.1 Å². The van der Waals surface area contributed by atoms with Crippen LogP contribution in [0.15, 0.2) is 85.5 Å². The van der Waals surface area contributed by atoms with Crippen molar-refractivity contribution < 1.29 is 9.59 Å². The van der Waals surface area contributed by atoms with Gasteiger partial charge < -0.3 is 10.2 Å². The minimum atomic E-state index is -0.218. The van der Waals surface area contributed by atoms with Crippen molar-refractivity contribution in [3.63, 3.8) is 0 Å². The zero-order valence-electron chi connectivity index (χ0n) is 21.7. The van der Waals surface area contributed by atoms with E-state index >= 15 is 0 Å². The number of nitrogens with zero attached hydrogens (tertiary/aromatic N) is 6. The van der Waals surface area contributed by atoms with Gasteiger partial charge in [0.1, 0.15) is 0 Å². The Labute approximate surface area is 226 Å². The van der Waals surface area contributed by atoms with Crippen LogP contribution in [0.5, 0.6) is 0 Å². The Hall–Kier alpha value is -4.79. The smallest absolute Gasteiger partial charge is 0.276 e. The first kappa shape index (κ1) is 24.5. The average Bonchev–Trinajstić information content (AvgIpc) is 3.64. The Bertz CT molecular complexity index is 1610. The maximum atomic E-state index is 13.1. The lowest BCUT2D eigenvalue weighted by molar-refractivity contribution is 0.0713. The van der Waals surface area contributed by atoms with E-state index in [9.17, 15) is 9.59 Å². The highest BCUT2D eigenvalue weighted by molar-refractivity contribution is 6.11. The molecule has 3 aromatic heterocycles. The van der Waals surface area contributed by atoms with Crippen LogP contribution in [0.4, 0.5) is 5.69 Å². The molecule has 1 saturated heterocycles. The third kappa shape index (κ3) is 4.90. The van der Waals surface area contributed by atoms with Gasteiger partial charge in [-0.2, -0.15) is 10.2 Å². The summed E-state index contributed by atoms with van der Waals surface area (Å²) in [7, 11) is 0. The molecule has 0 unspecified atom stereocenters. The van der Waals surface area contributed by atoms with E-state index in [1.54, 1.807) is 29.5 Å². The first-order valence-corrected chi connectivity index (χ1v) is 13.2. The molecule has 2 amide bonds. The van der Waals surface area contributed by atoms with Gasteiger partial charge in [0.25, 0.3) is 11.8 Å². The minimum absolute atomic E-state index is 0.000287. The van der Waals surface area contributed by atoms with Crippen LogP contribution in [0.3, 0.4) is 0 Å². The summed E-state index contributed by atoms with van der Waals surface area (Å²) in [5.74, 6) is 0.144. The molecule has 1 aliphatic heterocycles. The number of carbonyl (C=O) groups is 2. The van der Waals surface area contributed by atoms with E-state index in [0.29, 0.717) is 36.8 Å². The van der Waals surface area contributed by atoms with Crippen molar-refractivity contribution in [2.45, 2.75) is 32.2 Å². The number of piperidine rings is 1. The number of fused-ring (bicyclic) bond motifs is 1. The maximum absolute atomic E-state index is 13.1. The standard InChI is InChI=1S/C30H29N7O2/c1-2-36-27-8-4-3-7-26(27)28(34-36)29(38)33-24-11-9-21(10-12-24)22-13-16-35(17-14-22)30(39)23-18-32-37(20-23)25-6-5-15-31-19-25/h3-12,15,18-20,22H,2,13-14,16-17H2,1H3,(H,33,38). The molecule has 0 radical (unpaired) electrons. The molecule has 196 valence electrons. The second kappa shape index (κ2) is 10.5. The van der Waals surface area contributed by atoms with Crippen LogP contribution in [-0.4, -0.2) is 54.3 Å². The zero-order chi connectivity index (χ0) is 26.8. The molecule has 0 atom stereocenters. The second-order valence-electron chi connectivity index (χ2n) is 9.71. The number of rotatable bonds is 6. The molecule has 0 aliphatic carbocycles. The van der Waals surface area contributed by atoms with Crippen LogP contribution in [0, 0.1) is 0 Å². The molecule has 4 heterocycles. The highest BCUT2D eigenvalue weighted by atomic mass is 16.2. The first-order chi connectivity index (χ1) is 19.1. The van der Waals surface area contributed by atoms with Crippen molar-refractivity contribution in [1.29, 1.82) is 0 Å². The molecule has 6 rings (SSSR count). The molecule has 5 aromatic rings. The van der Waals surface area contributed by atoms with Gasteiger partial charge in [0.15, 0.2) is 5.69 Å². The number of hydrogen-bond acceptors (Lipinski definition) is 5. The molecule has 9 nitrogen and oxygen atoms in total. The van der Waals surface area contributed by atoms with Gasteiger partial charge in [0, 0.05) is 43.1 Å². The Morgan fingerprint density at radius 3 is 2.51 bits per heavy atom. The highest BCUT2D eigenvalue weighted by Crippen LogP contribution is 2.30. The largest absolute Gasteiger partial charge is 0.339 e. The molecule has 0 spiro atoms. The van der Waals surface area contributed by atoms with Crippen molar-refractivity contribution >= 4 is 28.4 Å². The van der Waals surface area contributed by atoms with E-state index < -0.39 is 0 Å². The van der Waals surface area contributed by atoms with Gasteiger partial charge in [-0.3, -0.25) is 19.3 Å². The highest BCUT2D eigenvalue weighted by Gasteiger charge is 2.25. The van der Waals surface area contributed by atoms with E-state index in [2.05, 4.69) is 32.6 Å². The second-order valence-corrected chi connectivity index (χ2v) is 9.71. The molecule has 0 bridgehead atoms. The number of nitrogens with one attached hydrogen (secondary N) is 1. The van der Waals surface area contributed by atoms with Gasteiger partial charge in [-0.25, -0.2) is 4.68 Å². The van der Waals surface area contributed by atoms with Crippen molar-refractivity contribution in [3.05, 3.63) is 102 Å². The topological polar surface area (TPSA) is 97.9 Å². The molecule has 9 heteroatoms. The number of aromatic nitrogens is 5. The number of anilines is 1. The Kier molecular flexibility index (Phi) is 6.62. The molecule has 0 saturated carbocycles. The van der Waals surface area contributed by atoms with Crippen molar-refractivity contribution in [2.24, 2.45) is 0 Å². The Morgan fingerprint density at radius 1 is 0.974 bits per heavy atom. The summed E-state index contributed by atoms with van der Waals surface area (Å²) in [6.07, 6.45) is 8.56. The van der Waals surface area contributed by atoms with E-state index in [4.69, 9.17) is 0 Å². The SMILES string of the molecule is CCn1nc(C(=O)Nc2ccc(C3CCN(C(=O)c4cnn(-c5cccnc5)c4)CC3)cc2)c2ccccc21.